The van der Waals surface area contributed by atoms with Crippen molar-refractivity contribution in [3.05, 3.63) is 57.3 Å². The fourth-order valence-corrected chi connectivity index (χ4v) is 3.79. The largest absolute Gasteiger partial charge is 0.493 e. The fourth-order valence-electron chi connectivity index (χ4n) is 3.15. The van der Waals surface area contributed by atoms with E-state index in [1.165, 1.54) is 4.88 Å². The van der Waals surface area contributed by atoms with Gasteiger partial charge in [0.25, 0.3) is 0 Å². The van der Waals surface area contributed by atoms with Crippen molar-refractivity contribution in [2.75, 3.05) is 21.3 Å². The van der Waals surface area contributed by atoms with Crippen molar-refractivity contribution in [3.8, 4) is 11.5 Å². The van der Waals surface area contributed by atoms with Gasteiger partial charge < -0.3 is 24.3 Å². The first-order chi connectivity index (χ1) is 14.9. The molecule has 2 heterocycles. The number of nitrogens with one attached hydrogen (secondary N) is 1. The molecule has 0 unspecified atom stereocenters. The number of nitrogens with zero attached hydrogens (tertiary/aromatic N) is 5. The van der Waals surface area contributed by atoms with Crippen molar-refractivity contribution in [3.63, 3.8) is 0 Å². The van der Waals surface area contributed by atoms with E-state index in [0.29, 0.717) is 19.6 Å². The molecule has 0 atom stereocenters. The van der Waals surface area contributed by atoms with E-state index in [-0.39, 0.29) is 0 Å². The van der Waals surface area contributed by atoms with E-state index in [1.54, 1.807) is 25.6 Å². The summed E-state index contributed by atoms with van der Waals surface area (Å²) >= 11 is 1.72. The Morgan fingerprint density at radius 2 is 1.94 bits per heavy atom. The lowest BCUT2D eigenvalue weighted by atomic mass is 10.1. The summed E-state index contributed by atoms with van der Waals surface area (Å²) in [5.41, 5.74) is 2.27. The first-order valence-corrected chi connectivity index (χ1v) is 10.9. The molecule has 0 saturated heterocycles. The van der Waals surface area contributed by atoms with Gasteiger partial charge in [-0.3, -0.25) is 0 Å². The van der Waals surface area contributed by atoms with Gasteiger partial charge in [0.1, 0.15) is 12.4 Å². The van der Waals surface area contributed by atoms with Crippen LogP contribution in [-0.4, -0.2) is 46.9 Å². The van der Waals surface area contributed by atoms with E-state index in [1.807, 2.05) is 37.7 Å². The van der Waals surface area contributed by atoms with Gasteiger partial charge in [-0.25, -0.2) is 4.99 Å². The van der Waals surface area contributed by atoms with E-state index in [4.69, 9.17) is 14.5 Å². The maximum absolute atomic E-state index is 5.49. The first kappa shape index (κ1) is 22.6. The van der Waals surface area contributed by atoms with Crippen molar-refractivity contribution in [2.45, 2.75) is 33.5 Å². The standard InChI is InChI=1S/C22H30N6O2S/c1-15-10-19(29-5)20(30-6)11-17(15)14-27(3)22(23-12-18-8-7-9-31-18)24-13-21-26-25-16(2)28(21)4/h7-11H,12-14H2,1-6H3,(H,23,24). The normalized spacial score (nSPS) is 11.5. The molecule has 0 spiro atoms. The Morgan fingerprint density at radius 3 is 2.55 bits per heavy atom. The third-order valence-corrected chi connectivity index (χ3v) is 6.04. The summed E-state index contributed by atoms with van der Waals surface area (Å²) in [6.45, 7) is 5.83. The van der Waals surface area contributed by atoms with Gasteiger partial charge in [-0.15, -0.1) is 21.5 Å². The second kappa shape index (κ2) is 10.3. The Bertz CT molecular complexity index is 1030. The van der Waals surface area contributed by atoms with Crippen molar-refractivity contribution in [1.82, 2.24) is 25.0 Å². The Morgan fingerprint density at radius 1 is 1.19 bits per heavy atom. The van der Waals surface area contributed by atoms with Crippen molar-refractivity contribution < 1.29 is 9.47 Å². The molecule has 3 rings (SSSR count). The van der Waals surface area contributed by atoms with E-state index in [2.05, 4.69) is 44.9 Å². The molecule has 3 aromatic rings. The van der Waals surface area contributed by atoms with Gasteiger partial charge in [0.05, 0.1) is 20.8 Å². The number of methoxy groups -OCH3 is 2. The minimum absolute atomic E-state index is 0.444. The third kappa shape index (κ3) is 5.55. The molecule has 166 valence electrons. The van der Waals surface area contributed by atoms with Crippen LogP contribution in [0.15, 0.2) is 34.6 Å². The topological polar surface area (TPSA) is 76.8 Å². The van der Waals surface area contributed by atoms with Crippen LogP contribution in [0.25, 0.3) is 0 Å². The van der Waals surface area contributed by atoms with Crippen LogP contribution in [-0.2, 0) is 26.7 Å². The molecule has 0 aliphatic heterocycles. The summed E-state index contributed by atoms with van der Waals surface area (Å²) in [6.07, 6.45) is 0. The van der Waals surface area contributed by atoms with Crippen LogP contribution in [0.5, 0.6) is 11.5 Å². The lowest BCUT2D eigenvalue weighted by Gasteiger charge is -2.24. The average molecular weight is 443 g/mol. The SMILES string of the molecule is COc1cc(C)c(CN(C)C(=NCc2nnc(C)n2C)NCc2cccs2)cc1OC. The zero-order valence-corrected chi connectivity index (χ0v) is 19.8. The minimum atomic E-state index is 0.444. The number of ether oxygens (including phenoxy) is 2. The predicted octanol–water partition coefficient (Wildman–Crippen LogP) is 3.29. The monoisotopic (exact) mass is 442 g/mol. The maximum atomic E-state index is 5.49. The second-order valence-electron chi connectivity index (χ2n) is 7.28. The Balaban J connectivity index is 1.81. The van der Waals surface area contributed by atoms with Gasteiger partial charge in [-0.2, -0.15) is 0 Å². The second-order valence-corrected chi connectivity index (χ2v) is 8.32. The van der Waals surface area contributed by atoms with Crippen LogP contribution >= 0.6 is 11.3 Å². The number of thiophene rings is 1. The molecule has 1 aromatic carbocycles. The molecule has 0 aliphatic carbocycles. The van der Waals surface area contributed by atoms with Crippen LogP contribution in [0, 0.1) is 13.8 Å². The third-order valence-electron chi connectivity index (χ3n) is 5.17. The van der Waals surface area contributed by atoms with E-state index < -0.39 is 0 Å². The molecule has 0 fully saturated rings. The molecular weight excluding hydrogens is 412 g/mol. The quantitative estimate of drug-likeness (QED) is 0.426. The summed E-state index contributed by atoms with van der Waals surface area (Å²) in [4.78, 5) is 8.18. The molecule has 8 nitrogen and oxygen atoms in total. The Labute approximate surface area is 187 Å². The summed E-state index contributed by atoms with van der Waals surface area (Å²) in [5, 5.41) is 13.9. The van der Waals surface area contributed by atoms with Crippen molar-refractivity contribution in [2.24, 2.45) is 12.0 Å². The Hall–Kier alpha value is -3.07. The van der Waals surface area contributed by atoms with Crippen LogP contribution in [0.1, 0.15) is 27.7 Å². The number of rotatable bonds is 8. The molecule has 2 aromatic heterocycles. The van der Waals surface area contributed by atoms with Gasteiger partial charge >= 0.3 is 0 Å². The lowest BCUT2D eigenvalue weighted by Crippen LogP contribution is -2.38. The highest BCUT2D eigenvalue weighted by atomic mass is 32.1. The van der Waals surface area contributed by atoms with Crippen LogP contribution in [0.4, 0.5) is 0 Å². The van der Waals surface area contributed by atoms with E-state index in [9.17, 15) is 0 Å². The lowest BCUT2D eigenvalue weighted by molar-refractivity contribution is 0.353. The fraction of sp³-hybridized carbons (Fsp3) is 0.409. The Kier molecular flexibility index (Phi) is 7.51. The van der Waals surface area contributed by atoms with E-state index >= 15 is 0 Å². The number of hydrogen-bond acceptors (Lipinski definition) is 6. The van der Waals surface area contributed by atoms with E-state index in [0.717, 1.165) is 40.2 Å². The molecule has 9 heteroatoms. The summed E-state index contributed by atoms with van der Waals surface area (Å²) < 4.78 is 12.9. The summed E-state index contributed by atoms with van der Waals surface area (Å²) in [5.74, 6) is 3.93. The molecule has 31 heavy (non-hydrogen) atoms. The molecule has 0 amide bonds. The van der Waals surface area contributed by atoms with Gasteiger partial charge in [0.15, 0.2) is 23.3 Å². The van der Waals surface area contributed by atoms with Crippen LogP contribution in [0.3, 0.4) is 0 Å². The first-order valence-electron chi connectivity index (χ1n) is 10.0. The van der Waals surface area contributed by atoms with Gasteiger partial charge in [-0.1, -0.05) is 6.07 Å². The number of hydrogen-bond donors (Lipinski definition) is 1. The number of aromatic nitrogens is 3. The molecule has 0 bridgehead atoms. The predicted molar refractivity (Wildman–Crippen MR) is 124 cm³/mol. The maximum Gasteiger partial charge on any atom is 0.194 e. The number of guanidine groups is 1. The zero-order valence-electron chi connectivity index (χ0n) is 19.0. The van der Waals surface area contributed by atoms with Gasteiger partial charge in [0.2, 0.25) is 0 Å². The highest BCUT2D eigenvalue weighted by molar-refractivity contribution is 7.09. The molecule has 0 aliphatic rings. The summed E-state index contributed by atoms with van der Waals surface area (Å²) in [7, 11) is 7.28. The molecule has 0 radical (unpaired) electrons. The number of benzene rings is 1. The van der Waals surface area contributed by atoms with Crippen molar-refractivity contribution >= 4 is 17.3 Å². The summed E-state index contributed by atoms with van der Waals surface area (Å²) in [6, 6.07) is 8.19. The van der Waals surface area contributed by atoms with Gasteiger partial charge in [-0.05, 0) is 48.6 Å². The molecular formula is C22H30N6O2S. The number of aryl methyl sites for hydroxylation is 2. The average Bonchev–Trinajstić information content (AvgIpc) is 3.39. The van der Waals surface area contributed by atoms with Crippen LogP contribution in [0.2, 0.25) is 0 Å². The molecule has 0 saturated carbocycles. The smallest absolute Gasteiger partial charge is 0.194 e. The highest BCUT2D eigenvalue weighted by Crippen LogP contribution is 2.30. The highest BCUT2D eigenvalue weighted by Gasteiger charge is 2.14. The van der Waals surface area contributed by atoms with Crippen LogP contribution < -0.4 is 14.8 Å². The van der Waals surface area contributed by atoms with Gasteiger partial charge in [0, 0.05) is 25.5 Å². The molecule has 1 N–H and O–H groups in total. The number of aliphatic imine (C=N–C) groups is 1. The zero-order chi connectivity index (χ0) is 22.4. The van der Waals surface area contributed by atoms with Crippen molar-refractivity contribution in [1.29, 1.82) is 0 Å². The minimum Gasteiger partial charge on any atom is -0.493 e.